The summed E-state index contributed by atoms with van der Waals surface area (Å²) in [5.74, 6) is -0.708. The van der Waals surface area contributed by atoms with Gasteiger partial charge in [-0.1, -0.05) is 25.1 Å². The summed E-state index contributed by atoms with van der Waals surface area (Å²) in [5, 5.41) is 2.28. The number of rotatable bonds is 8. The predicted octanol–water partition coefficient (Wildman–Crippen LogP) is 1.44. The summed E-state index contributed by atoms with van der Waals surface area (Å²) < 4.78 is 10.4. The number of nitrogens with one attached hydrogen (secondary N) is 3. The Labute approximate surface area is 164 Å². The molecule has 0 atom stereocenters. The number of hydrogen-bond donors (Lipinski definition) is 3. The van der Waals surface area contributed by atoms with E-state index in [1.54, 1.807) is 0 Å². The summed E-state index contributed by atoms with van der Waals surface area (Å²) in [6, 6.07) is 5.69. The van der Waals surface area contributed by atoms with Gasteiger partial charge in [0.05, 0.1) is 13.0 Å². The zero-order chi connectivity index (χ0) is 20.2. The minimum absolute atomic E-state index is 0.0373. The van der Waals surface area contributed by atoms with Crippen LogP contribution in [0.4, 0.5) is 0 Å². The van der Waals surface area contributed by atoms with Gasteiger partial charge < -0.3 is 14.8 Å². The smallest absolute Gasteiger partial charge is 0.306 e. The maximum atomic E-state index is 11.8. The van der Waals surface area contributed by atoms with Crippen molar-refractivity contribution in [3.05, 3.63) is 29.3 Å². The van der Waals surface area contributed by atoms with Gasteiger partial charge >= 0.3 is 5.97 Å². The molecule has 2 amide bonds. The van der Waals surface area contributed by atoms with E-state index in [4.69, 9.17) is 21.7 Å². The molecule has 3 N–H and O–H groups in total. The largest absolute Gasteiger partial charge is 0.483 e. The number of thiocarbonyl (C=S) groups is 1. The van der Waals surface area contributed by atoms with Crippen molar-refractivity contribution in [2.45, 2.75) is 40.0 Å². The van der Waals surface area contributed by atoms with Gasteiger partial charge in [-0.25, -0.2) is 0 Å². The molecule has 9 heteroatoms. The van der Waals surface area contributed by atoms with E-state index in [1.165, 1.54) is 0 Å². The molecular formula is C18H25N3O5S. The molecule has 0 saturated carbocycles. The van der Waals surface area contributed by atoms with Gasteiger partial charge in [0.15, 0.2) is 11.7 Å². The first-order valence-electron chi connectivity index (χ1n) is 8.56. The lowest BCUT2D eigenvalue weighted by molar-refractivity contribution is -0.144. The van der Waals surface area contributed by atoms with E-state index in [-0.39, 0.29) is 24.6 Å². The van der Waals surface area contributed by atoms with Crippen molar-refractivity contribution >= 4 is 35.1 Å². The molecule has 0 unspecified atom stereocenters. The first-order chi connectivity index (χ1) is 12.8. The topological polar surface area (TPSA) is 106 Å². The van der Waals surface area contributed by atoms with Gasteiger partial charge in [0.1, 0.15) is 5.75 Å². The van der Waals surface area contributed by atoms with Crippen LogP contribution in [-0.2, 0) is 19.1 Å². The molecule has 0 saturated heterocycles. The number of carbonyl (C=O) groups excluding carboxylic acids is 3. The summed E-state index contributed by atoms with van der Waals surface area (Å²) in [6.07, 6.45) is 0.622. The Kier molecular flexibility index (Phi) is 9.81. The SMILES string of the molecule is CCCOC(=O)CCC(=O)NC(=S)NNC(=O)COc1c(C)cccc1C. The number of carbonyl (C=O) groups is 3. The fraction of sp³-hybridized carbons (Fsp3) is 0.444. The fourth-order valence-corrected chi connectivity index (χ4v) is 2.22. The van der Waals surface area contributed by atoms with Gasteiger partial charge in [-0.3, -0.25) is 25.2 Å². The Hall–Kier alpha value is -2.68. The highest BCUT2D eigenvalue weighted by Crippen LogP contribution is 2.21. The maximum absolute atomic E-state index is 11.8. The Morgan fingerprint density at radius 1 is 1.04 bits per heavy atom. The molecule has 27 heavy (non-hydrogen) atoms. The number of ether oxygens (including phenoxy) is 2. The van der Waals surface area contributed by atoms with Gasteiger partial charge in [-0.15, -0.1) is 0 Å². The van der Waals surface area contributed by atoms with Crippen LogP contribution in [0.15, 0.2) is 18.2 Å². The van der Waals surface area contributed by atoms with Gasteiger partial charge in [-0.2, -0.15) is 0 Å². The van der Waals surface area contributed by atoms with Crippen molar-refractivity contribution in [2.24, 2.45) is 0 Å². The van der Waals surface area contributed by atoms with Crippen LogP contribution in [0, 0.1) is 13.8 Å². The number of benzene rings is 1. The van der Waals surface area contributed by atoms with Crippen molar-refractivity contribution in [3.63, 3.8) is 0 Å². The Balaban J connectivity index is 2.26. The third kappa shape index (κ3) is 9.00. The van der Waals surface area contributed by atoms with E-state index < -0.39 is 17.8 Å². The number of hydrogen-bond acceptors (Lipinski definition) is 6. The highest BCUT2D eigenvalue weighted by molar-refractivity contribution is 7.80. The van der Waals surface area contributed by atoms with Crippen LogP contribution < -0.4 is 20.9 Å². The quantitative estimate of drug-likeness (QED) is 0.347. The van der Waals surface area contributed by atoms with Crippen LogP contribution in [-0.4, -0.2) is 36.1 Å². The van der Waals surface area contributed by atoms with E-state index in [9.17, 15) is 14.4 Å². The minimum Gasteiger partial charge on any atom is -0.483 e. The zero-order valence-corrected chi connectivity index (χ0v) is 16.5. The van der Waals surface area contributed by atoms with E-state index in [0.717, 1.165) is 17.5 Å². The van der Waals surface area contributed by atoms with Crippen molar-refractivity contribution < 1.29 is 23.9 Å². The summed E-state index contributed by atoms with van der Waals surface area (Å²) >= 11 is 4.90. The molecule has 0 aromatic heterocycles. The molecule has 0 aliphatic rings. The maximum Gasteiger partial charge on any atom is 0.306 e. The van der Waals surface area contributed by atoms with Gasteiger partial charge in [0, 0.05) is 6.42 Å². The van der Waals surface area contributed by atoms with Crippen LogP contribution in [0.2, 0.25) is 0 Å². The Morgan fingerprint density at radius 2 is 1.70 bits per heavy atom. The molecule has 0 radical (unpaired) electrons. The average Bonchev–Trinajstić information content (AvgIpc) is 2.62. The Bertz CT molecular complexity index is 673. The third-order valence-corrected chi connectivity index (χ3v) is 3.55. The van der Waals surface area contributed by atoms with E-state index in [0.29, 0.717) is 12.4 Å². The van der Waals surface area contributed by atoms with Crippen molar-refractivity contribution in [3.8, 4) is 5.75 Å². The monoisotopic (exact) mass is 395 g/mol. The molecule has 148 valence electrons. The van der Waals surface area contributed by atoms with Crippen molar-refractivity contribution in [1.82, 2.24) is 16.2 Å². The highest BCUT2D eigenvalue weighted by Gasteiger charge is 2.11. The van der Waals surface area contributed by atoms with Crippen LogP contribution in [0.5, 0.6) is 5.75 Å². The fourth-order valence-electron chi connectivity index (χ4n) is 2.05. The van der Waals surface area contributed by atoms with E-state index in [1.807, 2.05) is 39.0 Å². The summed E-state index contributed by atoms with van der Waals surface area (Å²) in [6.45, 7) is 5.78. The summed E-state index contributed by atoms with van der Waals surface area (Å²) in [7, 11) is 0. The van der Waals surface area contributed by atoms with Crippen LogP contribution in [0.1, 0.15) is 37.3 Å². The minimum atomic E-state index is -0.461. The number of esters is 1. The summed E-state index contributed by atoms with van der Waals surface area (Å²) in [5.41, 5.74) is 6.59. The van der Waals surface area contributed by atoms with Crippen molar-refractivity contribution in [1.29, 1.82) is 0 Å². The second kappa shape index (κ2) is 11.8. The molecule has 0 heterocycles. The van der Waals surface area contributed by atoms with Crippen molar-refractivity contribution in [2.75, 3.05) is 13.2 Å². The third-order valence-electron chi connectivity index (χ3n) is 3.35. The second-order valence-corrected chi connectivity index (χ2v) is 6.19. The molecule has 0 spiro atoms. The lowest BCUT2D eigenvalue weighted by Crippen LogP contribution is -2.49. The zero-order valence-electron chi connectivity index (χ0n) is 15.7. The van der Waals surface area contributed by atoms with Gasteiger partial charge in [-0.05, 0) is 43.6 Å². The first-order valence-corrected chi connectivity index (χ1v) is 8.97. The predicted molar refractivity (Wildman–Crippen MR) is 104 cm³/mol. The molecule has 0 aliphatic carbocycles. The number of amides is 2. The number of aryl methyl sites for hydroxylation is 2. The molecule has 1 aromatic rings. The first kappa shape index (κ1) is 22.4. The molecule has 1 aromatic carbocycles. The van der Waals surface area contributed by atoms with Crippen LogP contribution in [0.25, 0.3) is 0 Å². The van der Waals surface area contributed by atoms with E-state index in [2.05, 4.69) is 16.2 Å². The highest BCUT2D eigenvalue weighted by atomic mass is 32.1. The summed E-state index contributed by atoms with van der Waals surface area (Å²) in [4.78, 5) is 34.8. The molecular weight excluding hydrogens is 370 g/mol. The van der Waals surface area contributed by atoms with Crippen LogP contribution >= 0.6 is 12.2 Å². The lowest BCUT2D eigenvalue weighted by atomic mass is 10.1. The van der Waals surface area contributed by atoms with Crippen LogP contribution in [0.3, 0.4) is 0 Å². The lowest BCUT2D eigenvalue weighted by Gasteiger charge is -2.13. The van der Waals surface area contributed by atoms with Gasteiger partial charge in [0.25, 0.3) is 5.91 Å². The molecule has 1 rings (SSSR count). The Morgan fingerprint density at radius 3 is 2.33 bits per heavy atom. The standard InChI is InChI=1S/C18H25N3O5S/c1-4-10-25-16(24)9-8-14(22)19-18(27)21-20-15(23)11-26-17-12(2)6-5-7-13(17)3/h5-7H,4,8-11H2,1-3H3,(H,20,23)(H2,19,21,22,27). The normalized spacial score (nSPS) is 9.89. The molecule has 0 fully saturated rings. The average molecular weight is 395 g/mol. The number of para-hydroxylation sites is 1. The molecule has 0 bridgehead atoms. The van der Waals surface area contributed by atoms with E-state index >= 15 is 0 Å². The number of hydrazine groups is 1. The van der Waals surface area contributed by atoms with Gasteiger partial charge in [0.2, 0.25) is 5.91 Å². The molecule has 8 nitrogen and oxygen atoms in total. The second-order valence-electron chi connectivity index (χ2n) is 5.78. The molecule has 0 aliphatic heterocycles.